The zero-order valence-corrected chi connectivity index (χ0v) is 12.6. The van der Waals surface area contributed by atoms with Crippen molar-refractivity contribution in [3.05, 3.63) is 41.3 Å². The van der Waals surface area contributed by atoms with Gasteiger partial charge in [-0.3, -0.25) is 9.48 Å². The Kier molecular flexibility index (Phi) is 4.57. The second-order valence-corrected chi connectivity index (χ2v) is 5.40. The predicted octanol–water partition coefficient (Wildman–Crippen LogP) is 1.72. The normalized spacial score (nSPS) is 10.9. The second-order valence-electron chi connectivity index (χ2n) is 5.40. The van der Waals surface area contributed by atoms with Gasteiger partial charge in [0.05, 0.1) is 12.7 Å². The van der Waals surface area contributed by atoms with Crippen LogP contribution in [0.15, 0.2) is 24.5 Å². The largest absolute Gasteiger partial charge is 0.384 e. The summed E-state index contributed by atoms with van der Waals surface area (Å²) in [5.74, 6) is 0.455. The molecule has 0 unspecified atom stereocenters. The van der Waals surface area contributed by atoms with E-state index in [1.165, 1.54) is 0 Å². The minimum atomic E-state index is -0.144. The lowest BCUT2D eigenvalue weighted by Crippen LogP contribution is -2.27. The van der Waals surface area contributed by atoms with Crippen LogP contribution < -0.4 is 11.1 Å². The Hall–Kier alpha value is -2.37. The van der Waals surface area contributed by atoms with Gasteiger partial charge in [-0.25, -0.2) is 4.98 Å². The minimum absolute atomic E-state index is 0.144. The van der Waals surface area contributed by atoms with Crippen LogP contribution in [-0.4, -0.2) is 27.2 Å². The van der Waals surface area contributed by atoms with E-state index in [0.717, 1.165) is 11.3 Å². The molecule has 0 aliphatic heterocycles. The van der Waals surface area contributed by atoms with Crippen LogP contribution in [0.4, 0.5) is 5.82 Å². The van der Waals surface area contributed by atoms with E-state index in [1.807, 2.05) is 27.0 Å². The molecule has 2 rings (SSSR count). The first-order valence-electron chi connectivity index (χ1n) is 7.00. The fourth-order valence-corrected chi connectivity index (χ4v) is 1.98. The third-order valence-corrected chi connectivity index (χ3v) is 3.11. The van der Waals surface area contributed by atoms with Gasteiger partial charge < -0.3 is 11.1 Å². The number of amides is 1. The highest BCUT2D eigenvalue weighted by atomic mass is 16.1. The van der Waals surface area contributed by atoms with Crippen LogP contribution in [0.1, 0.15) is 41.4 Å². The Morgan fingerprint density at radius 3 is 2.81 bits per heavy atom. The average molecular weight is 287 g/mol. The van der Waals surface area contributed by atoms with E-state index in [1.54, 1.807) is 23.0 Å². The van der Waals surface area contributed by atoms with Crippen molar-refractivity contribution in [3.63, 3.8) is 0 Å². The van der Waals surface area contributed by atoms with Crippen molar-refractivity contribution in [2.45, 2.75) is 33.2 Å². The van der Waals surface area contributed by atoms with Gasteiger partial charge in [0.2, 0.25) is 0 Å². The Morgan fingerprint density at radius 2 is 2.19 bits per heavy atom. The molecule has 2 heterocycles. The molecule has 0 saturated carbocycles. The van der Waals surface area contributed by atoms with Gasteiger partial charge in [0.25, 0.3) is 5.91 Å². The van der Waals surface area contributed by atoms with Crippen molar-refractivity contribution in [1.82, 2.24) is 20.1 Å². The molecule has 3 N–H and O–H groups in total. The zero-order valence-electron chi connectivity index (χ0n) is 12.6. The van der Waals surface area contributed by atoms with Gasteiger partial charge in [0.15, 0.2) is 0 Å². The summed E-state index contributed by atoms with van der Waals surface area (Å²) >= 11 is 0. The third-order valence-electron chi connectivity index (χ3n) is 3.11. The number of hydrogen-bond acceptors (Lipinski definition) is 4. The van der Waals surface area contributed by atoms with Crippen LogP contribution in [0.5, 0.6) is 0 Å². The molecule has 1 amide bonds. The molecule has 6 nitrogen and oxygen atoms in total. The Labute approximate surface area is 124 Å². The highest BCUT2D eigenvalue weighted by molar-refractivity contribution is 5.94. The van der Waals surface area contributed by atoms with Gasteiger partial charge in [-0.1, -0.05) is 13.8 Å². The number of aryl methyl sites for hydroxylation is 1. The van der Waals surface area contributed by atoms with Crippen LogP contribution >= 0.6 is 0 Å². The number of aromatic nitrogens is 3. The number of nitrogens with one attached hydrogen (secondary N) is 1. The molecule has 0 radical (unpaired) electrons. The van der Waals surface area contributed by atoms with Crippen LogP contribution in [0.2, 0.25) is 0 Å². The molecule has 6 heteroatoms. The smallest absolute Gasteiger partial charge is 0.251 e. The summed E-state index contributed by atoms with van der Waals surface area (Å²) < 4.78 is 1.80. The van der Waals surface area contributed by atoms with Crippen LogP contribution in [0.3, 0.4) is 0 Å². The van der Waals surface area contributed by atoms with Gasteiger partial charge in [-0.05, 0) is 30.5 Å². The number of carbonyl (C=O) groups excluding carboxylic acids is 1. The molecule has 0 fully saturated rings. The van der Waals surface area contributed by atoms with Gasteiger partial charge in [-0.15, -0.1) is 0 Å². The molecule has 0 saturated heterocycles. The standard InChI is InChI=1S/C15H21N5O/c1-10(2)13-6-12(7-14(16)19-13)15(21)17-4-5-20-9-11(3)8-18-20/h6-10H,4-5H2,1-3H3,(H2,16,19)(H,17,21). The van der Waals surface area contributed by atoms with E-state index in [-0.39, 0.29) is 11.8 Å². The van der Waals surface area contributed by atoms with Gasteiger partial charge in [0, 0.05) is 24.0 Å². The Balaban J connectivity index is 1.96. The Bertz CT molecular complexity index is 633. The highest BCUT2D eigenvalue weighted by Crippen LogP contribution is 2.15. The van der Waals surface area contributed by atoms with E-state index in [9.17, 15) is 4.79 Å². The summed E-state index contributed by atoms with van der Waals surface area (Å²) in [7, 11) is 0. The van der Waals surface area contributed by atoms with Gasteiger partial charge >= 0.3 is 0 Å². The third kappa shape index (κ3) is 4.05. The number of anilines is 1. The van der Waals surface area contributed by atoms with Crippen molar-refractivity contribution in [3.8, 4) is 0 Å². The molecule has 2 aromatic rings. The first kappa shape index (κ1) is 15.0. The van der Waals surface area contributed by atoms with Crippen molar-refractivity contribution in [2.24, 2.45) is 0 Å². The second kappa shape index (κ2) is 6.39. The predicted molar refractivity (Wildman–Crippen MR) is 82.0 cm³/mol. The molecule has 2 aromatic heterocycles. The first-order chi connectivity index (χ1) is 9.95. The molecule has 0 aliphatic rings. The molecular weight excluding hydrogens is 266 g/mol. The number of nitrogen functional groups attached to an aromatic ring is 1. The summed E-state index contributed by atoms with van der Waals surface area (Å²) in [4.78, 5) is 16.4. The highest BCUT2D eigenvalue weighted by Gasteiger charge is 2.10. The van der Waals surface area contributed by atoms with Gasteiger partial charge in [-0.2, -0.15) is 5.10 Å². The fourth-order valence-electron chi connectivity index (χ4n) is 1.98. The first-order valence-corrected chi connectivity index (χ1v) is 7.00. The lowest BCUT2D eigenvalue weighted by Gasteiger charge is -2.10. The van der Waals surface area contributed by atoms with E-state index < -0.39 is 0 Å². The van der Waals surface area contributed by atoms with E-state index >= 15 is 0 Å². The van der Waals surface area contributed by atoms with Gasteiger partial charge in [0.1, 0.15) is 5.82 Å². The lowest BCUT2D eigenvalue weighted by atomic mass is 10.1. The van der Waals surface area contributed by atoms with Crippen molar-refractivity contribution < 1.29 is 4.79 Å². The maximum atomic E-state index is 12.1. The molecule has 0 aromatic carbocycles. The van der Waals surface area contributed by atoms with E-state index in [2.05, 4.69) is 15.4 Å². The topological polar surface area (TPSA) is 85.8 Å². The average Bonchev–Trinajstić information content (AvgIpc) is 2.83. The maximum Gasteiger partial charge on any atom is 0.251 e. The molecule has 0 bridgehead atoms. The summed E-state index contributed by atoms with van der Waals surface area (Å²) in [5.41, 5.74) is 8.22. The van der Waals surface area contributed by atoms with Crippen molar-refractivity contribution in [2.75, 3.05) is 12.3 Å². The molecule has 0 aliphatic carbocycles. The molecule has 21 heavy (non-hydrogen) atoms. The molecular formula is C15H21N5O. The summed E-state index contributed by atoms with van der Waals surface area (Å²) in [6.07, 6.45) is 3.73. The molecule has 0 spiro atoms. The monoisotopic (exact) mass is 287 g/mol. The SMILES string of the molecule is Cc1cnn(CCNC(=O)c2cc(N)nc(C(C)C)c2)c1. The number of nitrogens with zero attached hydrogens (tertiary/aromatic N) is 3. The zero-order chi connectivity index (χ0) is 15.4. The maximum absolute atomic E-state index is 12.1. The number of carbonyl (C=O) groups is 1. The molecule has 112 valence electrons. The lowest BCUT2D eigenvalue weighted by molar-refractivity contribution is 0.0951. The Morgan fingerprint density at radius 1 is 1.43 bits per heavy atom. The van der Waals surface area contributed by atoms with E-state index in [4.69, 9.17) is 5.73 Å². The van der Waals surface area contributed by atoms with Crippen LogP contribution in [0.25, 0.3) is 0 Å². The van der Waals surface area contributed by atoms with Crippen LogP contribution in [-0.2, 0) is 6.54 Å². The van der Waals surface area contributed by atoms with E-state index in [0.29, 0.717) is 24.5 Å². The number of pyridine rings is 1. The quantitative estimate of drug-likeness (QED) is 0.876. The number of rotatable bonds is 5. The van der Waals surface area contributed by atoms with Crippen molar-refractivity contribution >= 4 is 11.7 Å². The summed E-state index contributed by atoms with van der Waals surface area (Å²) in [6, 6.07) is 3.38. The fraction of sp³-hybridized carbons (Fsp3) is 0.400. The molecule has 0 atom stereocenters. The number of nitrogens with two attached hydrogens (primary N) is 1. The number of hydrogen-bond donors (Lipinski definition) is 2. The minimum Gasteiger partial charge on any atom is -0.384 e. The summed E-state index contributed by atoms with van der Waals surface area (Å²) in [5, 5.41) is 7.04. The summed E-state index contributed by atoms with van der Waals surface area (Å²) in [6.45, 7) is 7.17. The van der Waals surface area contributed by atoms with Crippen molar-refractivity contribution in [1.29, 1.82) is 0 Å². The van der Waals surface area contributed by atoms with Crippen LogP contribution in [0, 0.1) is 6.92 Å².